The number of anilines is 2. The first-order chi connectivity index (χ1) is 21.3. The van der Waals surface area contributed by atoms with Crippen molar-refractivity contribution in [2.24, 2.45) is 5.92 Å². The van der Waals surface area contributed by atoms with Crippen LogP contribution in [0.3, 0.4) is 0 Å². The third-order valence-electron chi connectivity index (χ3n) is 9.37. The smallest absolute Gasteiger partial charge is 0.281 e. The van der Waals surface area contributed by atoms with Gasteiger partial charge in [0.05, 0.1) is 17.3 Å². The summed E-state index contributed by atoms with van der Waals surface area (Å²) in [5.41, 5.74) is 2.62. The lowest BCUT2D eigenvalue weighted by Crippen LogP contribution is -2.41. The molecule has 2 N–H and O–H groups in total. The number of hydrogen-bond acceptors (Lipinski definition) is 9. The minimum Gasteiger partial charge on any atom is -0.381 e. The number of hydrogen-bond donors (Lipinski definition) is 2. The first-order valence-corrected chi connectivity index (χ1v) is 17.4. The summed E-state index contributed by atoms with van der Waals surface area (Å²) >= 11 is 0. The van der Waals surface area contributed by atoms with Crippen LogP contribution in [0, 0.1) is 5.92 Å². The van der Waals surface area contributed by atoms with Crippen molar-refractivity contribution >= 4 is 27.6 Å². The number of ether oxygens (including phenoxy) is 1. The summed E-state index contributed by atoms with van der Waals surface area (Å²) in [7, 11) is -4.28. The first-order valence-electron chi connectivity index (χ1n) is 15.9. The van der Waals surface area contributed by atoms with Crippen molar-refractivity contribution in [3.05, 3.63) is 71.2 Å². The van der Waals surface area contributed by atoms with Gasteiger partial charge in [-0.3, -0.25) is 9.78 Å². The monoisotopic (exact) mass is 632 g/mol. The fraction of sp³-hybridized carbons (Fsp3) is 0.529. The Kier molecular flexibility index (Phi) is 8.36. The summed E-state index contributed by atoms with van der Waals surface area (Å²) in [4.78, 5) is 30.2. The van der Waals surface area contributed by atoms with Gasteiger partial charge in [0, 0.05) is 42.6 Å². The van der Waals surface area contributed by atoms with E-state index in [2.05, 4.69) is 66.7 Å². The number of amides is 1. The lowest BCUT2D eigenvalue weighted by Gasteiger charge is -2.34. The molecular weight excluding hydrogens is 588 g/mol. The highest BCUT2D eigenvalue weighted by atomic mass is 32.2. The van der Waals surface area contributed by atoms with Gasteiger partial charge in [-0.1, -0.05) is 32.9 Å². The number of pyridine rings is 3. The fourth-order valence-corrected chi connectivity index (χ4v) is 7.78. The minimum absolute atomic E-state index is 0.186. The summed E-state index contributed by atoms with van der Waals surface area (Å²) in [6.45, 7) is 12.8. The lowest BCUT2D eigenvalue weighted by molar-refractivity contribution is 0.0852. The van der Waals surface area contributed by atoms with Gasteiger partial charge >= 0.3 is 0 Å². The summed E-state index contributed by atoms with van der Waals surface area (Å²) < 4.78 is 34.8. The minimum atomic E-state index is -4.28. The van der Waals surface area contributed by atoms with E-state index in [-0.39, 0.29) is 27.6 Å². The predicted octanol–water partition coefficient (Wildman–Crippen LogP) is 5.73. The topological polar surface area (TPSA) is 126 Å². The van der Waals surface area contributed by atoms with Crippen LogP contribution in [0.4, 0.5) is 11.6 Å². The van der Waals surface area contributed by atoms with Crippen molar-refractivity contribution in [2.45, 2.75) is 94.7 Å². The van der Waals surface area contributed by atoms with Crippen LogP contribution in [0.5, 0.6) is 0 Å². The molecular formula is C34H44N6O4S. The van der Waals surface area contributed by atoms with Crippen LogP contribution >= 0.6 is 0 Å². The molecule has 3 aliphatic rings. The Morgan fingerprint density at radius 2 is 1.76 bits per heavy atom. The molecule has 11 heteroatoms. The van der Waals surface area contributed by atoms with Crippen molar-refractivity contribution in [3.63, 3.8) is 0 Å². The molecule has 3 aromatic heterocycles. The molecule has 0 saturated carbocycles. The number of nitrogens with zero attached hydrogens (tertiary/aromatic N) is 4. The third-order valence-corrected chi connectivity index (χ3v) is 10.6. The molecule has 45 heavy (non-hydrogen) atoms. The molecule has 6 heterocycles. The van der Waals surface area contributed by atoms with Crippen molar-refractivity contribution in [1.29, 1.82) is 0 Å². The van der Waals surface area contributed by atoms with Gasteiger partial charge in [-0.05, 0) is 93.7 Å². The maximum absolute atomic E-state index is 13.7. The first kappa shape index (κ1) is 31.4. The second-order valence-corrected chi connectivity index (χ2v) is 15.9. The zero-order chi connectivity index (χ0) is 32.0. The van der Waals surface area contributed by atoms with Crippen molar-refractivity contribution in [2.75, 3.05) is 30.0 Å². The maximum Gasteiger partial charge on any atom is 0.281 e. The number of sulfonamides is 1. The number of rotatable bonds is 2. The Morgan fingerprint density at radius 1 is 0.978 bits per heavy atom. The normalized spacial score (nSPS) is 23.7. The Bertz CT molecular complexity index is 1660. The van der Waals surface area contributed by atoms with Crippen LogP contribution in [0.1, 0.15) is 106 Å². The highest BCUT2D eigenvalue weighted by Gasteiger charge is 2.41. The van der Waals surface area contributed by atoms with Gasteiger partial charge < -0.3 is 15.0 Å². The van der Waals surface area contributed by atoms with E-state index in [4.69, 9.17) is 14.7 Å². The zero-order valence-corrected chi connectivity index (χ0v) is 27.7. The van der Waals surface area contributed by atoms with Gasteiger partial charge in [-0.25, -0.2) is 14.7 Å². The Labute approximate surface area is 266 Å². The molecule has 1 unspecified atom stereocenters. The van der Waals surface area contributed by atoms with Crippen LogP contribution in [-0.2, 0) is 20.2 Å². The number of carbonyl (C=O) groups is 1. The molecule has 3 aromatic rings. The molecule has 0 aromatic carbocycles. The standard InChI is InChI=1S/C34H44N6O4S/c1-33(2,3)28-14-11-25-31(37-28)40-21-22(19-34(40,4)5)9-12-27(26-13-10-24(20-35-26)23-15-17-44-18-16-23)36-29-7-6-8-30(38-29)45(42,43)39-32(25)41/h6-8,10-11,13-14,20,22-23,27H,9,12,15-19,21H2,1-5H3,(H,36,38)(H,39,41)/t22-,27?/m0/s1. The van der Waals surface area contributed by atoms with E-state index < -0.39 is 15.9 Å². The Morgan fingerprint density at radius 3 is 2.47 bits per heavy atom. The second kappa shape index (κ2) is 12.0. The lowest BCUT2D eigenvalue weighted by atomic mass is 9.90. The average Bonchev–Trinajstić information content (AvgIpc) is 3.32. The van der Waals surface area contributed by atoms with E-state index in [1.807, 2.05) is 12.3 Å². The Balaban J connectivity index is 1.39. The average molecular weight is 633 g/mol. The predicted molar refractivity (Wildman–Crippen MR) is 174 cm³/mol. The number of carbonyl (C=O) groups excluding carboxylic acids is 1. The molecule has 4 bridgehead atoms. The molecule has 3 aliphatic heterocycles. The van der Waals surface area contributed by atoms with E-state index >= 15 is 0 Å². The SMILES string of the molecule is CC(C)(C)c1ccc2c(n1)N1C[C@@H](CCC(c3ccc(C4CCOCC4)cn3)Nc3cccc(n3)S(=O)(=O)NC2=O)CC1(C)C. The highest BCUT2D eigenvalue weighted by Crippen LogP contribution is 2.41. The molecule has 2 saturated heterocycles. The van der Waals surface area contributed by atoms with Crippen LogP contribution in [0.15, 0.2) is 53.7 Å². The van der Waals surface area contributed by atoms with E-state index in [0.29, 0.717) is 30.0 Å². The third kappa shape index (κ3) is 6.70. The van der Waals surface area contributed by atoms with Crippen LogP contribution < -0.4 is 14.9 Å². The van der Waals surface area contributed by atoms with E-state index in [0.717, 1.165) is 56.7 Å². The van der Waals surface area contributed by atoms with Gasteiger partial charge in [0.2, 0.25) is 0 Å². The van der Waals surface area contributed by atoms with E-state index in [1.165, 1.54) is 11.6 Å². The fourth-order valence-electron chi connectivity index (χ4n) is 6.85. The van der Waals surface area contributed by atoms with E-state index in [9.17, 15) is 13.2 Å². The summed E-state index contributed by atoms with van der Waals surface area (Å²) in [5, 5.41) is 3.24. The summed E-state index contributed by atoms with van der Waals surface area (Å²) in [6, 6.07) is 12.3. The van der Waals surface area contributed by atoms with Crippen molar-refractivity contribution in [3.8, 4) is 0 Å². The molecule has 1 amide bonds. The molecule has 6 rings (SSSR count). The number of nitrogens with one attached hydrogen (secondary N) is 2. The molecule has 2 fully saturated rings. The quantitative estimate of drug-likeness (QED) is 0.364. The van der Waals surface area contributed by atoms with Gasteiger partial charge in [-0.2, -0.15) is 8.42 Å². The maximum atomic E-state index is 13.7. The van der Waals surface area contributed by atoms with E-state index in [1.54, 1.807) is 18.2 Å². The van der Waals surface area contributed by atoms with Crippen LogP contribution in [0.2, 0.25) is 0 Å². The molecule has 2 atom stereocenters. The van der Waals surface area contributed by atoms with Crippen LogP contribution in [-0.4, -0.2) is 54.6 Å². The van der Waals surface area contributed by atoms with Gasteiger partial charge in [-0.15, -0.1) is 0 Å². The number of aromatic nitrogens is 3. The number of fused-ring (bicyclic) bond motifs is 6. The molecule has 0 aliphatic carbocycles. The zero-order valence-electron chi connectivity index (χ0n) is 26.8. The summed E-state index contributed by atoms with van der Waals surface area (Å²) in [6.07, 6.45) is 6.55. The Hall–Kier alpha value is -3.57. The summed E-state index contributed by atoms with van der Waals surface area (Å²) in [5.74, 6) is 0.973. The van der Waals surface area contributed by atoms with Gasteiger partial charge in [0.25, 0.3) is 15.9 Å². The highest BCUT2D eigenvalue weighted by molar-refractivity contribution is 7.90. The second-order valence-electron chi connectivity index (χ2n) is 14.3. The molecule has 0 spiro atoms. The van der Waals surface area contributed by atoms with Crippen molar-refractivity contribution < 1.29 is 17.9 Å². The van der Waals surface area contributed by atoms with Crippen LogP contribution in [0.25, 0.3) is 0 Å². The largest absolute Gasteiger partial charge is 0.381 e. The molecule has 0 radical (unpaired) electrons. The molecule has 10 nitrogen and oxygen atoms in total. The van der Waals surface area contributed by atoms with Gasteiger partial charge in [0.1, 0.15) is 11.6 Å². The van der Waals surface area contributed by atoms with Crippen molar-refractivity contribution in [1.82, 2.24) is 19.7 Å². The molecule has 240 valence electrons. The van der Waals surface area contributed by atoms with Gasteiger partial charge in [0.15, 0.2) is 5.03 Å².